The van der Waals surface area contributed by atoms with Crippen LogP contribution in [-0.2, 0) is 24.2 Å². The maximum atomic E-state index is 12.7. The first-order valence-electron chi connectivity index (χ1n) is 10.0. The number of aryl methyl sites for hydroxylation is 1. The van der Waals surface area contributed by atoms with Gasteiger partial charge in [-0.15, -0.1) is 0 Å². The molecular weight excluding hydrogens is 336 g/mol. The molecule has 2 aliphatic rings. The Morgan fingerprint density at radius 3 is 2.93 bits per heavy atom. The molecule has 2 aliphatic heterocycles. The Morgan fingerprint density at radius 2 is 2.07 bits per heavy atom. The van der Waals surface area contributed by atoms with Gasteiger partial charge in [-0.25, -0.2) is 9.97 Å². The van der Waals surface area contributed by atoms with Gasteiger partial charge in [0.1, 0.15) is 5.82 Å². The maximum Gasteiger partial charge on any atom is 0.222 e. The Balaban J connectivity index is 1.38. The number of carbonyl (C=O) groups is 1. The van der Waals surface area contributed by atoms with E-state index in [2.05, 4.69) is 29.1 Å². The molecule has 1 aromatic heterocycles. The van der Waals surface area contributed by atoms with Crippen LogP contribution in [0.5, 0.6) is 0 Å². The van der Waals surface area contributed by atoms with E-state index < -0.39 is 0 Å². The lowest BCUT2D eigenvalue weighted by Gasteiger charge is -2.33. The number of fused-ring (bicyclic) bond motifs is 1. The monoisotopic (exact) mass is 364 g/mol. The summed E-state index contributed by atoms with van der Waals surface area (Å²) in [6.45, 7) is 3.61. The predicted octanol–water partition coefficient (Wildman–Crippen LogP) is 2.80. The number of carbonyl (C=O) groups excluding carboxylic acids is 1. The lowest BCUT2D eigenvalue weighted by Crippen LogP contribution is -2.39. The molecule has 1 fully saturated rings. The number of piperidine rings is 1. The highest BCUT2D eigenvalue weighted by atomic mass is 16.2. The van der Waals surface area contributed by atoms with Gasteiger partial charge in [-0.05, 0) is 31.9 Å². The minimum Gasteiger partial charge on any atom is -0.342 e. The van der Waals surface area contributed by atoms with Gasteiger partial charge in [0.2, 0.25) is 5.91 Å². The third-order valence-electron chi connectivity index (χ3n) is 5.75. The largest absolute Gasteiger partial charge is 0.342 e. The van der Waals surface area contributed by atoms with Crippen LogP contribution in [0.2, 0.25) is 0 Å². The van der Waals surface area contributed by atoms with Crippen LogP contribution in [0.25, 0.3) is 0 Å². The zero-order valence-corrected chi connectivity index (χ0v) is 16.1. The van der Waals surface area contributed by atoms with E-state index in [0.717, 1.165) is 57.7 Å². The van der Waals surface area contributed by atoms with Crippen molar-refractivity contribution in [1.29, 1.82) is 0 Å². The predicted molar refractivity (Wildman–Crippen MR) is 105 cm³/mol. The molecule has 142 valence electrons. The molecule has 3 heterocycles. The summed E-state index contributed by atoms with van der Waals surface area (Å²) in [5.74, 6) is 1.45. The fraction of sp³-hybridized carbons (Fsp3) is 0.500. The highest BCUT2D eigenvalue weighted by Crippen LogP contribution is 2.26. The standard InChI is InChI=1S/C22H28N4O/c1-25-13-11-20-19(15-25)14-23-22(24-20)18-8-5-12-26(16-18)21(27)10-9-17-6-3-2-4-7-17/h2-4,6-7,14,18H,5,8-13,15-16H2,1H3. The number of likely N-dealkylation sites (N-methyl/N-ethyl adjacent to an activating group) is 1. The number of hydrogen-bond donors (Lipinski definition) is 0. The Kier molecular flexibility index (Phi) is 5.48. The summed E-state index contributed by atoms with van der Waals surface area (Å²) in [7, 11) is 2.14. The number of likely N-dealkylation sites (tertiary alicyclic amines) is 1. The van der Waals surface area contributed by atoms with Crippen LogP contribution < -0.4 is 0 Å². The molecule has 5 nitrogen and oxygen atoms in total. The highest BCUT2D eigenvalue weighted by Gasteiger charge is 2.27. The molecular formula is C22H28N4O. The Labute approximate surface area is 161 Å². The lowest BCUT2D eigenvalue weighted by molar-refractivity contribution is -0.132. The molecule has 1 atom stereocenters. The van der Waals surface area contributed by atoms with Gasteiger partial charge in [-0.2, -0.15) is 0 Å². The summed E-state index contributed by atoms with van der Waals surface area (Å²) in [5.41, 5.74) is 3.67. The minimum atomic E-state index is 0.253. The second kappa shape index (κ2) is 8.17. The Hall–Kier alpha value is -2.27. The van der Waals surface area contributed by atoms with Crippen LogP contribution >= 0.6 is 0 Å². The summed E-state index contributed by atoms with van der Waals surface area (Å²) in [4.78, 5) is 26.6. The van der Waals surface area contributed by atoms with Crippen molar-refractivity contribution >= 4 is 5.91 Å². The van der Waals surface area contributed by atoms with Crippen molar-refractivity contribution in [2.24, 2.45) is 0 Å². The molecule has 5 heteroatoms. The first kappa shape index (κ1) is 18.1. The van der Waals surface area contributed by atoms with Crippen LogP contribution in [-0.4, -0.2) is 52.4 Å². The second-order valence-corrected chi connectivity index (χ2v) is 7.85. The molecule has 2 aromatic rings. The van der Waals surface area contributed by atoms with E-state index in [4.69, 9.17) is 4.98 Å². The zero-order valence-electron chi connectivity index (χ0n) is 16.1. The van der Waals surface area contributed by atoms with E-state index in [-0.39, 0.29) is 11.8 Å². The van der Waals surface area contributed by atoms with Gasteiger partial charge in [-0.1, -0.05) is 30.3 Å². The summed E-state index contributed by atoms with van der Waals surface area (Å²) >= 11 is 0. The van der Waals surface area contributed by atoms with E-state index in [1.54, 1.807) is 0 Å². The molecule has 1 aromatic carbocycles. The minimum absolute atomic E-state index is 0.253. The van der Waals surface area contributed by atoms with Gasteiger partial charge < -0.3 is 9.80 Å². The molecule has 1 amide bonds. The van der Waals surface area contributed by atoms with Gasteiger partial charge in [-0.3, -0.25) is 4.79 Å². The molecule has 0 N–H and O–H groups in total. The van der Waals surface area contributed by atoms with Crippen molar-refractivity contribution in [2.75, 3.05) is 26.7 Å². The van der Waals surface area contributed by atoms with Crippen LogP contribution in [0.3, 0.4) is 0 Å². The maximum absolute atomic E-state index is 12.7. The molecule has 0 saturated carbocycles. The number of amides is 1. The summed E-state index contributed by atoms with van der Waals surface area (Å²) in [5, 5.41) is 0. The van der Waals surface area contributed by atoms with Crippen molar-refractivity contribution in [3.8, 4) is 0 Å². The van der Waals surface area contributed by atoms with Crippen molar-refractivity contribution in [3.63, 3.8) is 0 Å². The van der Waals surface area contributed by atoms with E-state index >= 15 is 0 Å². The fourth-order valence-corrected chi connectivity index (χ4v) is 4.14. The van der Waals surface area contributed by atoms with E-state index in [1.807, 2.05) is 29.3 Å². The molecule has 0 radical (unpaired) electrons. The molecule has 0 bridgehead atoms. The SMILES string of the molecule is CN1CCc2nc(C3CCCN(C(=O)CCc4ccccc4)C3)ncc2C1. The van der Waals surface area contributed by atoms with Gasteiger partial charge in [0.05, 0.1) is 0 Å². The smallest absolute Gasteiger partial charge is 0.222 e. The number of hydrogen-bond acceptors (Lipinski definition) is 4. The second-order valence-electron chi connectivity index (χ2n) is 7.85. The average Bonchev–Trinajstić information content (AvgIpc) is 2.72. The molecule has 4 rings (SSSR count). The van der Waals surface area contributed by atoms with Crippen LogP contribution in [0.4, 0.5) is 0 Å². The lowest BCUT2D eigenvalue weighted by atomic mass is 9.96. The fourth-order valence-electron chi connectivity index (χ4n) is 4.14. The molecule has 1 saturated heterocycles. The van der Waals surface area contributed by atoms with E-state index in [1.165, 1.54) is 16.8 Å². The highest BCUT2D eigenvalue weighted by molar-refractivity contribution is 5.76. The first-order valence-corrected chi connectivity index (χ1v) is 10.0. The summed E-state index contributed by atoms with van der Waals surface area (Å²) < 4.78 is 0. The van der Waals surface area contributed by atoms with Gasteiger partial charge >= 0.3 is 0 Å². The van der Waals surface area contributed by atoms with Gasteiger partial charge in [0, 0.05) is 62.4 Å². The summed E-state index contributed by atoms with van der Waals surface area (Å²) in [6.07, 6.45) is 6.49. The third kappa shape index (κ3) is 4.35. The van der Waals surface area contributed by atoms with Crippen LogP contribution in [0.15, 0.2) is 36.5 Å². The normalized spacial score (nSPS) is 20.3. The topological polar surface area (TPSA) is 49.3 Å². The molecule has 27 heavy (non-hydrogen) atoms. The number of rotatable bonds is 4. The van der Waals surface area contributed by atoms with Crippen molar-refractivity contribution < 1.29 is 4.79 Å². The Morgan fingerprint density at radius 1 is 1.22 bits per heavy atom. The third-order valence-corrected chi connectivity index (χ3v) is 5.75. The van der Waals surface area contributed by atoms with Gasteiger partial charge in [0.15, 0.2) is 0 Å². The van der Waals surface area contributed by atoms with Crippen LogP contribution in [0.1, 0.15) is 47.8 Å². The molecule has 1 unspecified atom stereocenters. The molecule has 0 spiro atoms. The molecule has 0 aliphatic carbocycles. The first-order chi connectivity index (χ1) is 13.2. The number of benzene rings is 1. The van der Waals surface area contributed by atoms with Crippen molar-refractivity contribution in [1.82, 2.24) is 19.8 Å². The summed E-state index contributed by atoms with van der Waals surface area (Å²) in [6, 6.07) is 10.2. The zero-order chi connectivity index (χ0) is 18.6. The number of aromatic nitrogens is 2. The van der Waals surface area contributed by atoms with Crippen molar-refractivity contribution in [2.45, 2.75) is 44.6 Å². The van der Waals surface area contributed by atoms with Crippen molar-refractivity contribution in [3.05, 3.63) is 59.2 Å². The van der Waals surface area contributed by atoms with E-state index in [9.17, 15) is 4.79 Å². The van der Waals surface area contributed by atoms with E-state index in [0.29, 0.717) is 6.42 Å². The van der Waals surface area contributed by atoms with Crippen LogP contribution in [0, 0.1) is 0 Å². The Bertz CT molecular complexity index is 792. The average molecular weight is 364 g/mol. The van der Waals surface area contributed by atoms with Gasteiger partial charge in [0.25, 0.3) is 0 Å². The number of nitrogens with zero attached hydrogens (tertiary/aromatic N) is 4. The quantitative estimate of drug-likeness (QED) is 0.837.